The lowest BCUT2D eigenvalue weighted by atomic mass is 9.96. The maximum atomic E-state index is 13.3. The predicted molar refractivity (Wildman–Crippen MR) is 61.3 cm³/mol. The summed E-state index contributed by atoms with van der Waals surface area (Å²) >= 11 is 0. The van der Waals surface area contributed by atoms with E-state index in [9.17, 15) is 13.6 Å². The standard InChI is InChI=1S/C13H16F2O2/c1-9-6-7-11(13(2,14)15)10(8-9)4-3-5-12(16)17/h6-8H,3-5H2,1-2H3,(H,16,17). The predicted octanol–water partition coefficient (Wildman–Crippen LogP) is 3.51. The average molecular weight is 242 g/mol. The summed E-state index contributed by atoms with van der Waals surface area (Å²) in [5.74, 6) is -3.78. The van der Waals surface area contributed by atoms with Crippen molar-refractivity contribution in [1.29, 1.82) is 0 Å². The maximum absolute atomic E-state index is 13.3. The molecule has 0 unspecified atom stereocenters. The minimum Gasteiger partial charge on any atom is -0.481 e. The molecule has 0 saturated heterocycles. The lowest BCUT2D eigenvalue weighted by molar-refractivity contribution is -0.137. The van der Waals surface area contributed by atoms with Crippen LogP contribution >= 0.6 is 0 Å². The SMILES string of the molecule is Cc1ccc(C(C)(F)F)c(CCCC(=O)O)c1. The molecule has 0 radical (unpaired) electrons. The maximum Gasteiger partial charge on any atom is 0.303 e. The van der Waals surface area contributed by atoms with Crippen LogP contribution in [0.15, 0.2) is 18.2 Å². The number of rotatable bonds is 5. The molecule has 0 heterocycles. The first-order valence-electron chi connectivity index (χ1n) is 5.50. The second-order valence-corrected chi connectivity index (χ2v) is 4.30. The molecular formula is C13H16F2O2. The zero-order valence-corrected chi connectivity index (χ0v) is 9.96. The summed E-state index contributed by atoms with van der Waals surface area (Å²) in [5.41, 5.74) is 1.44. The van der Waals surface area contributed by atoms with E-state index in [4.69, 9.17) is 5.11 Å². The van der Waals surface area contributed by atoms with Crippen molar-refractivity contribution in [3.8, 4) is 0 Å². The second-order valence-electron chi connectivity index (χ2n) is 4.30. The van der Waals surface area contributed by atoms with Gasteiger partial charge in [-0.3, -0.25) is 4.79 Å². The average Bonchev–Trinajstić information content (AvgIpc) is 2.15. The first kappa shape index (κ1) is 13.6. The summed E-state index contributed by atoms with van der Waals surface area (Å²) in [7, 11) is 0. The fourth-order valence-electron chi connectivity index (χ4n) is 1.79. The van der Waals surface area contributed by atoms with Crippen LogP contribution in [0.1, 0.15) is 36.5 Å². The van der Waals surface area contributed by atoms with Gasteiger partial charge in [0.05, 0.1) is 0 Å². The number of carbonyl (C=O) groups is 1. The highest BCUT2D eigenvalue weighted by Crippen LogP contribution is 2.31. The van der Waals surface area contributed by atoms with Crippen LogP contribution < -0.4 is 0 Å². The van der Waals surface area contributed by atoms with E-state index in [0.717, 1.165) is 12.5 Å². The molecule has 0 atom stereocenters. The van der Waals surface area contributed by atoms with E-state index in [1.165, 1.54) is 6.07 Å². The van der Waals surface area contributed by atoms with Crippen molar-refractivity contribution in [3.63, 3.8) is 0 Å². The highest BCUT2D eigenvalue weighted by molar-refractivity contribution is 5.66. The van der Waals surface area contributed by atoms with Crippen molar-refractivity contribution in [2.45, 2.75) is 39.0 Å². The normalized spacial score (nSPS) is 11.5. The van der Waals surface area contributed by atoms with Gasteiger partial charge in [0.1, 0.15) is 0 Å². The first-order chi connectivity index (χ1) is 7.80. The van der Waals surface area contributed by atoms with Crippen LogP contribution in [0, 0.1) is 6.92 Å². The van der Waals surface area contributed by atoms with Gasteiger partial charge in [0.2, 0.25) is 0 Å². The van der Waals surface area contributed by atoms with Crippen molar-refractivity contribution < 1.29 is 18.7 Å². The summed E-state index contributed by atoms with van der Waals surface area (Å²) < 4.78 is 26.6. The van der Waals surface area contributed by atoms with Gasteiger partial charge in [0, 0.05) is 18.9 Å². The number of hydrogen-bond donors (Lipinski definition) is 1. The number of aliphatic carboxylic acids is 1. The van der Waals surface area contributed by atoms with Crippen molar-refractivity contribution >= 4 is 5.97 Å². The van der Waals surface area contributed by atoms with Gasteiger partial charge in [-0.05, 0) is 25.3 Å². The Kier molecular flexibility index (Phi) is 4.21. The lowest BCUT2D eigenvalue weighted by Gasteiger charge is -2.16. The molecule has 1 aromatic rings. The zero-order valence-electron chi connectivity index (χ0n) is 9.96. The Labute approximate surface area is 99.3 Å². The van der Waals surface area contributed by atoms with Gasteiger partial charge < -0.3 is 5.11 Å². The van der Waals surface area contributed by atoms with E-state index in [1.807, 2.05) is 6.92 Å². The molecular weight excluding hydrogens is 226 g/mol. The number of hydrogen-bond acceptors (Lipinski definition) is 1. The molecule has 1 N–H and O–H groups in total. The van der Waals surface area contributed by atoms with E-state index in [-0.39, 0.29) is 12.0 Å². The van der Waals surface area contributed by atoms with Gasteiger partial charge in [-0.1, -0.05) is 23.8 Å². The van der Waals surface area contributed by atoms with E-state index in [0.29, 0.717) is 18.4 Å². The highest BCUT2D eigenvalue weighted by Gasteiger charge is 2.27. The Morgan fingerprint density at radius 3 is 2.59 bits per heavy atom. The number of alkyl halides is 2. The summed E-state index contributed by atoms with van der Waals surface area (Å²) in [5, 5.41) is 8.53. The van der Waals surface area contributed by atoms with Gasteiger partial charge in [-0.2, -0.15) is 0 Å². The van der Waals surface area contributed by atoms with E-state index >= 15 is 0 Å². The van der Waals surface area contributed by atoms with E-state index < -0.39 is 11.9 Å². The van der Waals surface area contributed by atoms with Gasteiger partial charge in [0.15, 0.2) is 0 Å². The Morgan fingerprint density at radius 2 is 2.06 bits per heavy atom. The molecule has 2 nitrogen and oxygen atoms in total. The van der Waals surface area contributed by atoms with Crippen molar-refractivity contribution in [2.75, 3.05) is 0 Å². The van der Waals surface area contributed by atoms with Gasteiger partial charge >= 0.3 is 5.97 Å². The molecule has 0 aliphatic rings. The molecule has 94 valence electrons. The summed E-state index contributed by atoms with van der Waals surface area (Å²) in [6.07, 6.45) is 0.747. The molecule has 0 aromatic heterocycles. The monoisotopic (exact) mass is 242 g/mol. The molecule has 1 aromatic carbocycles. The van der Waals surface area contributed by atoms with Crippen molar-refractivity contribution in [3.05, 3.63) is 34.9 Å². The Balaban J connectivity index is 2.88. The fourth-order valence-corrected chi connectivity index (χ4v) is 1.79. The smallest absolute Gasteiger partial charge is 0.303 e. The minimum absolute atomic E-state index is 0.00265. The molecule has 0 fully saturated rings. The van der Waals surface area contributed by atoms with E-state index in [2.05, 4.69) is 0 Å². The molecule has 0 saturated carbocycles. The Hall–Kier alpha value is -1.45. The number of carboxylic acids is 1. The third kappa shape index (κ3) is 4.13. The highest BCUT2D eigenvalue weighted by atomic mass is 19.3. The number of halogens is 2. The van der Waals surface area contributed by atoms with Gasteiger partial charge in [-0.15, -0.1) is 0 Å². The topological polar surface area (TPSA) is 37.3 Å². The summed E-state index contributed by atoms with van der Waals surface area (Å²) in [4.78, 5) is 10.4. The summed E-state index contributed by atoms with van der Waals surface area (Å²) in [6, 6.07) is 4.77. The number of benzene rings is 1. The largest absolute Gasteiger partial charge is 0.481 e. The molecule has 1 rings (SSSR count). The third-order valence-corrected chi connectivity index (χ3v) is 2.57. The van der Waals surface area contributed by atoms with Crippen molar-refractivity contribution in [2.24, 2.45) is 0 Å². The summed E-state index contributed by atoms with van der Waals surface area (Å²) in [6.45, 7) is 2.69. The molecule has 4 heteroatoms. The Bertz CT molecular complexity index is 408. The molecule has 0 spiro atoms. The Morgan fingerprint density at radius 1 is 1.41 bits per heavy atom. The zero-order chi connectivity index (χ0) is 13.1. The van der Waals surface area contributed by atoms with Gasteiger partial charge in [0.25, 0.3) is 5.92 Å². The van der Waals surface area contributed by atoms with Crippen LogP contribution in [0.5, 0.6) is 0 Å². The molecule has 17 heavy (non-hydrogen) atoms. The number of aryl methyl sites for hydroxylation is 2. The third-order valence-electron chi connectivity index (χ3n) is 2.57. The van der Waals surface area contributed by atoms with Crippen LogP contribution in [0.25, 0.3) is 0 Å². The van der Waals surface area contributed by atoms with Crippen LogP contribution in [-0.2, 0) is 17.1 Å². The number of carboxylic acid groups (broad SMARTS) is 1. The van der Waals surface area contributed by atoms with Crippen LogP contribution in [0.2, 0.25) is 0 Å². The molecule has 0 aliphatic carbocycles. The second kappa shape index (κ2) is 5.25. The van der Waals surface area contributed by atoms with Crippen LogP contribution in [0.4, 0.5) is 8.78 Å². The van der Waals surface area contributed by atoms with Crippen LogP contribution in [0.3, 0.4) is 0 Å². The molecule has 0 bridgehead atoms. The first-order valence-corrected chi connectivity index (χ1v) is 5.50. The fraction of sp³-hybridized carbons (Fsp3) is 0.462. The minimum atomic E-state index is -2.88. The van der Waals surface area contributed by atoms with Crippen molar-refractivity contribution in [1.82, 2.24) is 0 Å². The lowest BCUT2D eigenvalue weighted by Crippen LogP contribution is -2.11. The quantitative estimate of drug-likeness (QED) is 0.857. The molecule has 0 aliphatic heterocycles. The van der Waals surface area contributed by atoms with E-state index in [1.54, 1.807) is 12.1 Å². The van der Waals surface area contributed by atoms with Crippen LogP contribution in [-0.4, -0.2) is 11.1 Å². The van der Waals surface area contributed by atoms with Gasteiger partial charge in [-0.25, -0.2) is 8.78 Å². The molecule has 0 amide bonds.